The quantitative estimate of drug-likeness (QED) is 0.441. The van der Waals surface area contributed by atoms with Gasteiger partial charge in [0.25, 0.3) is 0 Å². The van der Waals surface area contributed by atoms with Gasteiger partial charge in [0.15, 0.2) is 0 Å². The second-order valence-corrected chi connectivity index (χ2v) is 5.61. The van der Waals surface area contributed by atoms with E-state index in [1.54, 1.807) is 0 Å². The first-order valence-corrected chi connectivity index (χ1v) is 7.48. The third-order valence-corrected chi connectivity index (χ3v) is 3.67. The molecule has 0 nitrogen and oxygen atoms in total. The van der Waals surface area contributed by atoms with E-state index in [1.807, 2.05) is 30.3 Å². The maximum absolute atomic E-state index is 12.8. The lowest BCUT2D eigenvalue weighted by Crippen LogP contribution is -2.11. The average Bonchev–Trinajstić information content (AvgIpc) is 2.51. The standard InChI is InChI=1S/C18H16F6/c19-17(20,21)15-10-14(11-16(12-15)18(22,23)24)9-5-4-8-13-6-2-1-3-7-13/h1-3,6-7,10-12H,4-5,8-9H2. The van der Waals surface area contributed by atoms with Gasteiger partial charge in [-0.1, -0.05) is 30.3 Å². The van der Waals surface area contributed by atoms with Gasteiger partial charge in [-0.2, -0.15) is 26.3 Å². The fourth-order valence-electron chi connectivity index (χ4n) is 2.47. The van der Waals surface area contributed by atoms with Crippen molar-refractivity contribution in [3.05, 3.63) is 70.8 Å². The smallest absolute Gasteiger partial charge is 0.166 e. The van der Waals surface area contributed by atoms with Gasteiger partial charge in [-0.25, -0.2) is 0 Å². The molecule has 2 aromatic carbocycles. The molecule has 0 atom stereocenters. The number of hydrogen-bond acceptors (Lipinski definition) is 0. The highest BCUT2D eigenvalue weighted by atomic mass is 19.4. The van der Waals surface area contributed by atoms with E-state index in [0.29, 0.717) is 12.8 Å². The fraction of sp³-hybridized carbons (Fsp3) is 0.333. The van der Waals surface area contributed by atoms with Gasteiger partial charge in [0.05, 0.1) is 11.1 Å². The SMILES string of the molecule is FC(F)(F)c1cc(CCCCc2ccccc2)cc(C(F)(F)F)c1. The van der Waals surface area contributed by atoms with E-state index in [9.17, 15) is 26.3 Å². The van der Waals surface area contributed by atoms with Crippen LogP contribution in [0.25, 0.3) is 0 Å². The van der Waals surface area contributed by atoms with Crippen molar-refractivity contribution in [2.45, 2.75) is 38.0 Å². The molecular formula is C18H16F6. The summed E-state index contributed by atoms with van der Waals surface area (Å²) in [5.41, 5.74) is -1.35. The predicted molar refractivity (Wildman–Crippen MR) is 79.5 cm³/mol. The van der Waals surface area contributed by atoms with Gasteiger partial charge < -0.3 is 0 Å². The van der Waals surface area contributed by atoms with Crippen molar-refractivity contribution in [1.29, 1.82) is 0 Å². The van der Waals surface area contributed by atoms with Gasteiger partial charge in [0, 0.05) is 0 Å². The minimum Gasteiger partial charge on any atom is -0.166 e. The highest BCUT2D eigenvalue weighted by molar-refractivity contribution is 5.33. The zero-order valence-corrected chi connectivity index (χ0v) is 12.7. The maximum Gasteiger partial charge on any atom is 0.416 e. The van der Waals surface area contributed by atoms with Crippen LogP contribution in [0, 0.1) is 0 Å². The zero-order valence-electron chi connectivity index (χ0n) is 12.7. The first-order valence-electron chi connectivity index (χ1n) is 7.48. The monoisotopic (exact) mass is 346 g/mol. The Labute approximate surface area is 136 Å². The van der Waals surface area contributed by atoms with Gasteiger partial charge in [0.1, 0.15) is 0 Å². The van der Waals surface area contributed by atoms with Gasteiger partial charge >= 0.3 is 12.4 Å². The normalized spacial score (nSPS) is 12.4. The molecule has 0 bridgehead atoms. The Kier molecular flexibility index (Phi) is 5.57. The van der Waals surface area contributed by atoms with Crippen LogP contribution in [0.2, 0.25) is 0 Å². The zero-order chi connectivity index (χ0) is 17.8. The van der Waals surface area contributed by atoms with Crippen LogP contribution in [0.3, 0.4) is 0 Å². The molecule has 0 aliphatic carbocycles. The average molecular weight is 346 g/mol. The van der Waals surface area contributed by atoms with E-state index in [4.69, 9.17) is 0 Å². The maximum atomic E-state index is 12.8. The highest BCUT2D eigenvalue weighted by Crippen LogP contribution is 2.36. The van der Waals surface area contributed by atoms with Crippen molar-refractivity contribution in [2.75, 3.05) is 0 Å². The molecule has 0 amide bonds. The van der Waals surface area contributed by atoms with Gasteiger partial charge in [0.2, 0.25) is 0 Å². The molecule has 130 valence electrons. The Balaban J connectivity index is 2.06. The third kappa shape index (κ3) is 5.28. The van der Waals surface area contributed by atoms with Crippen LogP contribution in [0.5, 0.6) is 0 Å². The van der Waals surface area contributed by atoms with Crippen LogP contribution in [-0.4, -0.2) is 0 Å². The molecule has 0 heterocycles. The molecule has 2 aromatic rings. The summed E-state index contributed by atoms with van der Waals surface area (Å²) in [6, 6.07) is 11.3. The summed E-state index contributed by atoms with van der Waals surface area (Å²) in [5, 5.41) is 0. The second-order valence-electron chi connectivity index (χ2n) is 5.61. The van der Waals surface area contributed by atoms with E-state index < -0.39 is 23.5 Å². The molecule has 24 heavy (non-hydrogen) atoms. The Bertz CT molecular complexity index is 623. The van der Waals surface area contributed by atoms with Crippen molar-refractivity contribution in [2.24, 2.45) is 0 Å². The van der Waals surface area contributed by atoms with Crippen LogP contribution in [0.15, 0.2) is 48.5 Å². The summed E-state index contributed by atoms with van der Waals surface area (Å²) in [7, 11) is 0. The first-order chi connectivity index (χ1) is 11.2. The number of benzene rings is 2. The molecule has 0 unspecified atom stereocenters. The molecule has 6 heteroatoms. The Hall–Kier alpha value is -1.98. The van der Waals surface area contributed by atoms with Gasteiger partial charge in [-0.05, 0) is 55.0 Å². The van der Waals surface area contributed by atoms with Crippen molar-refractivity contribution in [1.82, 2.24) is 0 Å². The summed E-state index contributed by atoms with van der Waals surface area (Å²) in [6.07, 6.45) is -7.44. The first kappa shape index (κ1) is 18.4. The van der Waals surface area contributed by atoms with E-state index in [1.165, 1.54) is 0 Å². The molecule has 0 spiro atoms. The van der Waals surface area contributed by atoms with Crippen LogP contribution in [0.1, 0.15) is 35.1 Å². The largest absolute Gasteiger partial charge is 0.416 e. The number of rotatable bonds is 5. The molecule has 0 aliphatic rings. The molecule has 2 rings (SSSR count). The van der Waals surface area contributed by atoms with Crippen LogP contribution < -0.4 is 0 Å². The van der Waals surface area contributed by atoms with E-state index >= 15 is 0 Å². The lowest BCUT2D eigenvalue weighted by Gasteiger charge is -2.14. The highest BCUT2D eigenvalue weighted by Gasteiger charge is 2.36. The number of alkyl halides is 6. The minimum atomic E-state index is -4.79. The van der Waals surface area contributed by atoms with Crippen molar-refractivity contribution in [3.63, 3.8) is 0 Å². The van der Waals surface area contributed by atoms with Crippen molar-refractivity contribution >= 4 is 0 Å². The van der Waals surface area contributed by atoms with E-state index in [0.717, 1.165) is 24.1 Å². The van der Waals surface area contributed by atoms with E-state index in [2.05, 4.69) is 0 Å². The summed E-state index contributed by atoms with van der Waals surface area (Å²) in [4.78, 5) is 0. The summed E-state index contributed by atoms with van der Waals surface area (Å²) < 4.78 is 76.7. The Morgan fingerprint density at radius 1 is 0.583 bits per heavy atom. The van der Waals surface area contributed by atoms with Crippen LogP contribution in [0.4, 0.5) is 26.3 Å². The van der Waals surface area contributed by atoms with E-state index in [-0.39, 0.29) is 18.1 Å². The summed E-state index contributed by atoms with van der Waals surface area (Å²) >= 11 is 0. The van der Waals surface area contributed by atoms with Crippen molar-refractivity contribution < 1.29 is 26.3 Å². The van der Waals surface area contributed by atoms with Gasteiger partial charge in [-0.3, -0.25) is 0 Å². The molecule has 0 radical (unpaired) electrons. The molecule has 0 saturated carbocycles. The second kappa shape index (κ2) is 7.28. The molecule has 0 N–H and O–H groups in total. The Morgan fingerprint density at radius 2 is 1.04 bits per heavy atom. The number of hydrogen-bond donors (Lipinski definition) is 0. The number of halogens is 6. The summed E-state index contributed by atoms with van der Waals surface area (Å²) in [5.74, 6) is 0. The number of unbranched alkanes of at least 4 members (excludes halogenated alkanes) is 1. The topological polar surface area (TPSA) is 0 Å². The predicted octanol–water partition coefficient (Wildman–Crippen LogP) is 6.29. The molecule has 0 aliphatic heterocycles. The lowest BCUT2D eigenvalue weighted by atomic mass is 9.99. The third-order valence-electron chi connectivity index (χ3n) is 3.67. The number of aryl methyl sites for hydroxylation is 2. The lowest BCUT2D eigenvalue weighted by molar-refractivity contribution is -0.143. The minimum absolute atomic E-state index is 0.0604. The fourth-order valence-corrected chi connectivity index (χ4v) is 2.47. The molecule has 0 saturated heterocycles. The van der Waals surface area contributed by atoms with Crippen LogP contribution in [-0.2, 0) is 25.2 Å². The Morgan fingerprint density at radius 3 is 1.50 bits per heavy atom. The van der Waals surface area contributed by atoms with Crippen LogP contribution >= 0.6 is 0 Å². The molecule has 0 fully saturated rings. The molecule has 0 aromatic heterocycles. The molecular weight excluding hydrogens is 330 g/mol. The van der Waals surface area contributed by atoms with Crippen molar-refractivity contribution in [3.8, 4) is 0 Å². The van der Waals surface area contributed by atoms with Gasteiger partial charge in [-0.15, -0.1) is 0 Å². The summed E-state index contributed by atoms with van der Waals surface area (Å²) in [6.45, 7) is 0.